The lowest BCUT2D eigenvalue weighted by Crippen LogP contribution is -2.46. The first-order valence-corrected chi connectivity index (χ1v) is 6.53. The molecule has 0 aliphatic carbocycles. The summed E-state index contributed by atoms with van der Waals surface area (Å²) >= 11 is 0. The molecular formula is C13H20N2O4. The number of piperidine rings is 1. The average molecular weight is 268 g/mol. The second-order valence-electron chi connectivity index (χ2n) is 4.69. The summed E-state index contributed by atoms with van der Waals surface area (Å²) in [5, 5.41) is 10.5. The molecule has 0 aromatic rings. The Hall–Kier alpha value is -1.85. The smallest absolute Gasteiger partial charge is 0.328 e. The van der Waals surface area contributed by atoms with Crippen LogP contribution in [0.5, 0.6) is 0 Å². The van der Waals surface area contributed by atoms with E-state index >= 15 is 0 Å². The third kappa shape index (κ3) is 5.54. The van der Waals surface area contributed by atoms with E-state index in [1.54, 1.807) is 4.90 Å². The van der Waals surface area contributed by atoms with Gasteiger partial charge in [-0.05, 0) is 18.8 Å². The fourth-order valence-electron chi connectivity index (χ4n) is 2.21. The lowest BCUT2D eigenvalue weighted by atomic mass is 9.93. The molecule has 106 valence electrons. The number of carboxylic acids is 1. The van der Waals surface area contributed by atoms with Gasteiger partial charge in [0, 0.05) is 25.2 Å². The molecule has 19 heavy (non-hydrogen) atoms. The lowest BCUT2D eigenvalue weighted by Gasteiger charge is -2.31. The molecule has 0 aromatic heterocycles. The minimum Gasteiger partial charge on any atom is -0.478 e. The van der Waals surface area contributed by atoms with Crippen LogP contribution in [0.3, 0.4) is 0 Å². The third-order valence-electron chi connectivity index (χ3n) is 3.21. The van der Waals surface area contributed by atoms with Gasteiger partial charge in [-0.1, -0.05) is 19.8 Å². The van der Waals surface area contributed by atoms with Crippen molar-refractivity contribution in [1.29, 1.82) is 0 Å². The monoisotopic (exact) mass is 268 g/mol. The Balaban J connectivity index is 2.35. The van der Waals surface area contributed by atoms with Crippen molar-refractivity contribution in [1.82, 2.24) is 10.2 Å². The van der Waals surface area contributed by atoms with E-state index < -0.39 is 17.9 Å². The van der Waals surface area contributed by atoms with Gasteiger partial charge in [0.15, 0.2) is 0 Å². The second kappa shape index (κ2) is 7.56. The molecule has 1 fully saturated rings. The maximum atomic E-state index is 11.7. The van der Waals surface area contributed by atoms with Gasteiger partial charge < -0.3 is 10.0 Å². The van der Waals surface area contributed by atoms with Gasteiger partial charge in [-0.2, -0.15) is 0 Å². The zero-order valence-corrected chi connectivity index (χ0v) is 11.1. The molecule has 0 radical (unpaired) electrons. The van der Waals surface area contributed by atoms with E-state index in [4.69, 9.17) is 5.11 Å². The summed E-state index contributed by atoms with van der Waals surface area (Å²) in [5.74, 6) is -1.26. The van der Waals surface area contributed by atoms with E-state index in [9.17, 15) is 14.4 Å². The van der Waals surface area contributed by atoms with Crippen molar-refractivity contribution in [3.05, 3.63) is 12.2 Å². The van der Waals surface area contributed by atoms with E-state index in [-0.39, 0.29) is 0 Å². The Bertz CT molecular complexity index is 371. The van der Waals surface area contributed by atoms with Gasteiger partial charge in [0.05, 0.1) is 0 Å². The summed E-state index contributed by atoms with van der Waals surface area (Å²) in [5.41, 5.74) is 0. The number of nitrogens with zero attached hydrogens (tertiary/aromatic N) is 1. The van der Waals surface area contributed by atoms with Crippen LogP contribution < -0.4 is 5.32 Å². The summed E-state index contributed by atoms with van der Waals surface area (Å²) in [7, 11) is 0. The van der Waals surface area contributed by atoms with Gasteiger partial charge in [-0.15, -0.1) is 0 Å². The van der Waals surface area contributed by atoms with Crippen molar-refractivity contribution in [2.24, 2.45) is 5.92 Å². The van der Waals surface area contributed by atoms with Gasteiger partial charge in [-0.3, -0.25) is 10.1 Å². The van der Waals surface area contributed by atoms with Crippen molar-refractivity contribution < 1.29 is 19.5 Å². The third-order valence-corrected chi connectivity index (χ3v) is 3.21. The van der Waals surface area contributed by atoms with E-state index in [0.717, 1.165) is 25.3 Å². The molecule has 0 unspecified atom stereocenters. The molecule has 1 aliphatic heterocycles. The minimum atomic E-state index is -1.22. The Morgan fingerprint density at radius 2 is 1.89 bits per heavy atom. The summed E-state index contributed by atoms with van der Waals surface area (Å²) in [6, 6.07) is -0.449. The maximum absolute atomic E-state index is 11.7. The number of imide groups is 1. The quantitative estimate of drug-likeness (QED) is 0.754. The molecule has 1 rings (SSSR count). The van der Waals surface area contributed by atoms with Crippen molar-refractivity contribution in [2.45, 2.75) is 32.6 Å². The number of hydrogen-bond acceptors (Lipinski definition) is 3. The highest BCUT2D eigenvalue weighted by Crippen LogP contribution is 2.21. The molecular weight excluding hydrogens is 248 g/mol. The standard InChI is InChI=1S/C13H20N2O4/c1-2-3-10-6-8-15(9-7-10)13(19)14-11(16)4-5-12(17)18/h4-5,10H,2-3,6-9H2,1H3,(H,17,18)(H,14,16,19). The van der Waals surface area contributed by atoms with Crippen LogP contribution in [0.4, 0.5) is 4.79 Å². The zero-order chi connectivity index (χ0) is 14.3. The van der Waals surface area contributed by atoms with Crippen LogP contribution in [0.2, 0.25) is 0 Å². The highest BCUT2D eigenvalue weighted by molar-refractivity contribution is 6.02. The van der Waals surface area contributed by atoms with Crippen LogP contribution >= 0.6 is 0 Å². The fourth-order valence-corrected chi connectivity index (χ4v) is 2.21. The first-order chi connectivity index (χ1) is 9.02. The first kappa shape index (κ1) is 15.2. The van der Waals surface area contributed by atoms with Crippen molar-refractivity contribution in [3.8, 4) is 0 Å². The molecule has 1 aliphatic rings. The molecule has 0 atom stereocenters. The number of rotatable bonds is 4. The SMILES string of the molecule is CCCC1CCN(C(=O)NC(=O)C=CC(=O)O)CC1. The lowest BCUT2D eigenvalue weighted by molar-refractivity contribution is -0.131. The molecule has 3 amide bonds. The molecule has 0 saturated carbocycles. The van der Waals surface area contributed by atoms with Crippen LogP contribution in [0.1, 0.15) is 32.6 Å². The van der Waals surface area contributed by atoms with Gasteiger partial charge in [0.2, 0.25) is 0 Å². The van der Waals surface area contributed by atoms with Crippen LogP contribution in [-0.4, -0.2) is 41.0 Å². The van der Waals surface area contributed by atoms with Crippen molar-refractivity contribution >= 4 is 17.9 Å². The Kier molecular flexibility index (Phi) is 6.05. The number of carbonyl (C=O) groups is 3. The number of likely N-dealkylation sites (tertiary alicyclic amines) is 1. The summed E-state index contributed by atoms with van der Waals surface area (Å²) in [6.45, 7) is 3.44. The predicted octanol–water partition coefficient (Wildman–Crippen LogP) is 1.38. The highest BCUT2D eigenvalue weighted by Gasteiger charge is 2.22. The van der Waals surface area contributed by atoms with Crippen molar-refractivity contribution in [2.75, 3.05) is 13.1 Å². The maximum Gasteiger partial charge on any atom is 0.328 e. The number of urea groups is 1. The molecule has 0 bridgehead atoms. The van der Waals surface area contributed by atoms with Crippen LogP contribution in [-0.2, 0) is 9.59 Å². The van der Waals surface area contributed by atoms with E-state index in [1.165, 1.54) is 6.42 Å². The molecule has 1 saturated heterocycles. The van der Waals surface area contributed by atoms with Crippen LogP contribution in [0, 0.1) is 5.92 Å². The molecule has 0 aromatic carbocycles. The Labute approximate surface area is 112 Å². The van der Waals surface area contributed by atoms with Gasteiger partial charge >= 0.3 is 12.0 Å². The molecule has 6 nitrogen and oxygen atoms in total. The van der Waals surface area contributed by atoms with E-state index in [2.05, 4.69) is 12.2 Å². The molecule has 1 heterocycles. The highest BCUT2D eigenvalue weighted by atomic mass is 16.4. The fraction of sp³-hybridized carbons (Fsp3) is 0.615. The van der Waals surface area contributed by atoms with E-state index in [0.29, 0.717) is 25.1 Å². The van der Waals surface area contributed by atoms with Gasteiger partial charge in [0.1, 0.15) is 0 Å². The molecule has 6 heteroatoms. The summed E-state index contributed by atoms with van der Waals surface area (Å²) < 4.78 is 0. The minimum absolute atomic E-state index is 0.449. The normalized spacial score (nSPS) is 16.6. The average Bonchev–Trinajstić information content (AvgIpc) is 2.37. The van der Waals surface area contributed by atoms with Crippen LogP contribution in [0.25, 0.3) is 0 Å². The predicted molar refractivity (Wildman–Crippen MR) is 69.5 cm³/mol. The topological polar surface area (TPSA) is 86.7 Å². The van der Waals surface area contributed by atoms with Crippen molar-refractivity contribution in [3.63, 3.8) is 0 Å². The van der Waals surface area contributed by atoms with Gasteiger partial charge in [-0.25, -0.2) is 9.59 Å². The zero-order valence-electron chi connectivity index (χ0n) is 11.1. The molecule has 2 N–H and O–H groups in total. The number of amides is 3. The number of aliphatic carboxylic acids is 1. The van der Waals surface area contributed by atoms with Gasteiger partial charge in [0.25, 0.3) is 5.91 Å². The second-order valence-corrected chi connectivity index (χ2v) is 4.69. The number of nitrogens with one attached hydrogen (secondary N) is 1. The molecule has 0 spiro atoms. The Morgan fingerprint density at radius 1 is 1.26 bits per heavy atom. The summed E-state index contributed by atoms with van der Waals surface area (Å²) in [4.78, 5) is 34.8. The number of carboxylic acid groups (broad SMARTS) is 1. The largest absolute Gasteiger partial charge is 0.478 e. The summed E-state index contributed by atoms with van der Waals surface area (Å²) in [6.07, 6.45) is 5.78. The number of hydrogen-bond donors (Lipinski definition) is 2. The Morgan fingerprint density at radius 3 is 2.42 bits per heavy atom. The van der Waals surface area contributed by atoms with E-state index in [1.807, 2.05) is 0 Å². The first-order valence-electron chi connectivity index (χ1n) is 6.53. The number of carbonyl (C=O) groups excluding carboxylic acids is 2. The van der Waals surface area contributed by atoms with Crippen LogP contribution in [0.15, 0.2) is 12.2 Å².